The molecule has 11 nitrogen and oxygen atoms in total. The van der Waals surface area contributed by atoms with Crippen LogP contribution in [0.15, 0.2) is 23.4 Å². The maximum absolute atomic E-state index is 13.3. The maximum Gasteiger partial charge on any atom is 0.260 e. The number of nitrogens with zero attached hydrogens (tertiary/aromatic N) is 1. The van der Waals surface area contributed by atoms with Crippen LogP contribution in [0.25, 0.3) is 0 Å². The van der Waals surface area contributed by atoms with Gasteiger partial charge < -0.3 is 35.3 Å². The van der Waals surface area contributed by atoms with E-state index < -0.39 is 53.2 Å². The molecule has 0 aliphatic heterocycles. The number of amides is 1. The zero-order valence-corrected chi connectivity index (χ0v) is 19.0. The molecule has 2 aromatic rings. The van der Waals surface area contributed by atoms with Crippen LogP contribution in [0.4, 0.5) is 0 Å². The van der Waals surface area contributed by atoms with E-state index in [2.05, 4.69) is 10.5 Å². The van der Waals surface area contributed by atoms with E-state index in [1.54, 1.807) is 0 Å². The van der Waals surface area contributed by atoms with Gasteiger partial charge in [-0.1, -0.05) is 17.3 Å². The van der Waals surface area contributed by atoms with E-state index in [4.69, 9.17) is 9.57 Å². The predicted molar refractivity (Wildman–Crippen MR) is 121 cm³/mol. The Morgan fingerprint density at radius 3 is 2.51 bits per heavy atom. The van der Waals surface area contributed by atoms with E-state index in [1.165, 1.54) is 32.4 Å². The number of hydrogen-bond donors (Lipinski definition) is 5. The molecule has 0 saturated heterocycles. The first-order valence-electron chi connectivity index (χ1n) is 10.8. The number of ketones is 2. The summed E-state index contributed by atoms with van der Waals surface area (Å²) in [4.78, 5) is 42.9. The minimum atomic E-state index is -1.35. The fourth-order valence-electron chi connectivity index (χ4n) is 4.63. The molecule has 0 bridgehead atoms. The van der Waals surface area contributed by atoms with Crippen LogP contribution in [0.2, 0.25) is 0 Å². The largest absolute Gasteiger partial charge is 0.507 e. The molecule has 2 aromatic carbocycles. The normalized spacial score (nSPS) is 18.9. The number of hydrogen-bond acceptors (Lipinski definition) is 10. The van der Waals surface area contributed by atoms with Gasteiger partial charge in [0.05, 0.1) is 42.2 Å². The summed E-state index contributed by atoms with van der Waals surface area (Å²) in [5.41, 5.74) is -0.681. The number of rotatable bonds is 6. The van der Waals surface area contributed by atoms with Gasteiger partial charge in [0.2, 0.25) is 5.78 Å². The second-order valence-electron chi connectivity index (χ2n) is 8.22. The second-order valence-corrected chi connectivity index (χ2v) is 8.22. The molecule has 2 unspecified atom stereocenters. The lowest BCUT2D eigenvalue weighted by Crippen LogP contribution is -2.30. The molecule has 2 aliphatic carbocycles. The quantitative estimate of drug-likeness (QED) is 0.190. The number of aromatic hydroxyl groups is 2. The van der Waals surface area contributed by atoms with Gasteiger partial charge in [0.25, 0.3) is 5.91 Å². The zero-order chi connectivity index (χ0) is 25.4. The number of methoxy groups -OCH3 is 1. The molecule has 184 valence electrons. The van der Waals surface area contributed by atoms with Crippen molar-refractivity contribution in [2.45, 2.75) is 18.9 Å². The minimum Gasteiger partial charge on any atom is -0.507 e. The van der Waals surface area contributed by atoms with Gasteiger partial charge in [0.15, 0.2) is 12.4 Å². The zero-order valence-electron chi connectivity index (χ0n) is 19.0. The molecular weight excluding hydrogens is 460 g/mol. The highest BCUT2D eigenvalue weighted by molar-refractivity contribution is 6.31. The Morgan fingerprint density at radius 2 is 1.86 bits per heavy atom. The summed E-state index contributed by atoms with van der Waals surface area (Å²) in [5, 5.41) is 48.9. The molecule has 11 heteroatoms. The summed E-state index contributed by atoms with van der Waals surface area (Å²) in [6.45, 7) is -0.937. The van der Waals surface area contributed by atoms with E-state index in [9.17, 15) is 34.8 Å². The van der Waals surface area contributed by atoms with Crippen molar-refractivity contribution in [2.75, 3.05) is 27.4 Å². The molecule has 5 N–H and O–H groups in total. The predicted octanol–water partition coefficient (Wildman–Crippen LogP) is 0.589. The van der Waals surface area contributed by atoms with Gasteiger partial charge in [-0.05, 0) is 18.9 Å². The molecule has 0 radical (unpaired) electrons. The van der Waals surface area contributed by atoms with Gasteiger partial charge in [0, 0.05) is 29.7 Å². The fraction of sp³-hybridized carbons (Fsp3) is 0.333. The Morgan fingerprint density at radius 1 is 1.14 bits per heavy atom. The molecule has 0 aromatic heterocycles. The van der Waals surface area contributed by atoms with Gasteiger partial charge in [0.1, 0.15) is 17.2 Å². The Labute approximate surface area is 199 Å². The van der Waals surface area contributed by atoms with E-state index in [0.29, 0.717) is 0 Å². The number of carbonyl (C=O) groups is 3. The van der Waals surface area contributed by atoms with Crippen molar-refractivity contribution in [1.29, 1.82) is 0 Å². The number of phenols is 2. The Kier molecular flexibility index (Phi) is 6.46. The SMILES string of the molecule is CNC(=O)CO/N=C(\CO)C1Cc2c(O)c3c(c(O)c2C(O)C1)C(=O)c1c(OC)cccc1C3=O. The van der Waals surface area contributed by atoms with Crippen molar-refractivity contribution >= 4 is 23.2 Å². The third kappa shape index (κ3) is 3.88. The van der Waals surface area contributed by atoms with Crippen molar-refractivity contribution in [3.63, 3.8) is 0 Å². The third-order valence-electron chi connectivity index (χ3n) is 6.34. The number of nitrogens with one attached hydrogen (secondary N) is 1. The molecule has 1 amide bonds. The van der Waals surface area contributed by atoms with Crippen LogP contribution < -0.4 is 10.1 Å². The smallest absolute Gasteiger partial charge is 0.260 e. The number of aliphatic hydroxyl groups is 2. The fourth-order valence-corrected chi connectivity index (χ4v) is 4.63. The molecule has 0 saturated carbocycles. The van der Waals surface area contributed by atoms with Crippen LogP contribution in [-0.4, -0.2) is 71.0 Å². The summed E-state index contributed by atoms with van der Waals surface area (Å²) in [5.74, 6) is -3.45. The first-order chi connectivity index (χ1) is 16.7. The summed E-state index contributed by atoms with van der Waals surface area (Å²) in [7, 11) is 2.77. The van der Waals surface area contributed by atoms with Gasteiger partial charge >= 0.3 is 0 Å². The molecule has 0 fully saturated rings. The standard InChI is InChI=1S/C24H24N2O9/c1-25-16(29)9-35-26-13(8-27)10-6-12-17(14(28)7-10)23(32)20-19(22(12)31)21(30)11-4-3-5-15(34-2)18(11)24(20)33/h3-5,10,14,27-28,31-32H,6-9H2,1-2H3,(H,25,29)/b26-13+. The van der Waals surface area contributed by atoms with Crippen molar-refractivity contribution in [3.05, 3.63) is 51.6 Å². The molecule has 0 heterocycles. The highest BCUT2D eigenvalue weighted by Crippen LogP contribution is 2.50. The number of fused-ring (bicyclic) bond motifs is 3. The Hall–Kier alpha value is -3.96. The van der Waals surface area contributed by atoms with Crippen molar-refractivity contribution < 1.29 is 44.4 Å². The van der Waals surface area contributed by atoms with Crippen molar-refractivity contribution in [2.24, 2.45) is 11.1 Å². The van der Waals surface area contributed by atoms with E-state index in [1.807, 2.05) is 0 Å². The van der Waals surface area contributed by atoms with Crippen LogP contribution in [0, 0.1) is 5.92 Å². The average Bonchev–Trinajstić information content (AvgIpc) is 2.86. The molecular formula is C24H24N2O9. The first-order valence-corrected chi connectivity index (χ1v) is 10.8. The summed E-state index contributed by atoms with van der Waals surface area (Å²) >= 11 is 0. The lowest BCUT2D eigenvalue weighted by atomic mass is 9.73. The molecule has 35 heavy (non-hydrogen) atoms. The third-order valence-corrected chi connectivity index (χ3v) is 6.34. The number of phenolic OH excluding ortho intramolecular Hbond substituents is 2. The Balaban J connectivity index is 1.79. The molecule has 2 atom stereocenters. The number of ether oxygens (including phenoxy) is 1. The number of carbonyl (C=O) groups excluding carboxylic acids is 3. The van der Waals surface area contributed by atoms with E-state index >= 15 is 0 Å². The van der Waals surface area contributed by atoms with Crippen LogP contribution in [-0.2, 0) is 16.1 Å². The number of oxime groups is 1. The van der Waals surface area contributed by atoms with Crippen molar-refractivity contribution in [3.8, 4) is 17.2 Å². The van der Waals surface area contributed by atoms with Gasteiger partial charge in [-0.25, -0.2) is 0 Å². The van der Waals surface area contributed by atoms with Crippen LogP contribution in [0.3, 0.4) is 0 Å². The van der Waals surface area contributed by atoms with Gasteiger partial charge in [-0.15, -0.1) is 0 Å². The van der Waals surface area contributed by atoms with Crippen molar-refractivity contribution in [1.82, 2.24) is 5.32 Å². The maximum atomic E-state index is 13.3. The van der Waals surface area contributed by atoms with Gasteiger partial charge in [-0.2, -0.15) is 0 Å². The molecule has 4 rings (SSSR count). The number of aliphatic hydroxyl groups excluding tert-OH is 2. The topological polar surface area (TPSA) is 175 Å². The van der Waals surface area contributed by atoms with Gasteiger partial charge in [-0.3, -0.25) is 14.4 Å². The average molecular weight is 484 g/mol. The van der Waals surface area contributed by atoms with Crippen LogP contribution in [0.5, 0.6) is 17.2 Å². The lowest BCUT2D eigenvalue weighted by Gasteiger charge is -2.32. The van der Waals surface area contributed by atoms with Crippen LogP contribution in [0.1, 0.15) is 55.5 Å². The monoisotopic (exact) mass is 484 g/mol. The molecule has 2 aliphatic rings. The van der Waals surface area contributed by atoms with E-state index in [-0.39, 0.29) is 58.7 Å². The second kappa shape index (κ2) is 9.35. The number of likely N-dealkylation sites (N-methyl/N-ethyl adjacent to an activating group) is 1. The summed E-state index contributed by atoms with van der Waals surface area (Å²) in [6.07, 6.45) is -1.39. The highest BCUT2D eigenvalue weighted by atomic mass is 16.6. The lowest BCUT2D eigenvalue weighted by molar-refractivity contribution is -0.125. The summed E-state index contributed by atoms with van der Waals surface area (Å²) in [6, 6.07) is 4.46. The summed E-state index contributed by atoms with van der Waals surface area (Å²) < 4.78 is 5.22. The van der Waals surface area contributed by atoms with E-state index in [0.717, 1.165) is 0 Å². The van der Waals surface area contributed by atoms with Crippen LogP contribution >= 0.6 is 0 Å². The number of benzene rings is 2. The highest BCUT2D eigenvalue weighted by Gasteiger charge is 2.42. The molecule has 0 spiro atoms. The first kappa shape index (κ1) is 24.2. The Bertz CT molecular complexity index is 1270. The minimum absolute atomic E-state index is 0.0182.